The average molecular weight is 393 g/mol. The summed E-state index contributed by atoms with van der Waals surface area (Å²) in [7, 11) is 0. The summed E-state index contributed by atoms with van der Waals surface area (Å²) in [5, 5.41) is 23.5. The average Bonchev–Trinajstić information content (AvgIpc) is 3.15. The van der Waals surface area contributed by atoms with E-state index in [0.717, 1.165) is 16.7 Å². The molecule has 0 bridgehead atoms. The Morgan fingerprint density at radius 1 is 1.07 bits per heavy atom. The van der Waals surface area contributed by atoms with E-state index in [1.54, 1.807) is 48.4 Å². The molecule has 2 aromatic heterocycles. The van der Waals surface area contributed by atoms with Crippen molar-refractivity contribution in [2.45, 2.75) is 19.5 Å². The zero-order chi connectivity index (χ0) is 20.5. The molecule has 0 unspecified atom stereocenters. The second-order valence-electron chi connectivity index (χ2n) is 6.88. The number of fused-ring (bicyclic) bond motifs is 1. The van der Waals surface area contributed by atoms with Crippen molar-refractivity contribution in [1.82, 2.24) is 14.8 Å². The fourth-order valence-corrected chi connectivity index (χ4v) is 3.55. The minimum atomic E-state index is -1.12. The second kappa shape index (κ2) is 7.27. The van der Waals surface area contributed by atoms with Crippen LogP contribution in [0.5, 0.6) is 0 Å². The molecule has 0 fully saturated rings. The van der Waals surface area contributed by atoms with Crippen LogP contribution >= 0.6 is 0 Å². The third-order valence-corrected chi connectivity index (χ3v) is 4.91. The van der Waals surface area contributed by atoms with Crippen LogP contribution in [-0.2, 0) is 6.54 Å². The molecule has 0 aliphatic carbocycles. The van der Waals surface area contributed by atoms with Gasteiger partial charge in [0.2, 0.25) is 0 Å². The van der Waals surface area contributed by atoms with Crippen LogP contribution in [0, 0.1) is 0 Å². The molecule has 3 heterocycles. The van der Waals surface area contributed by atoms with Crippen LogP contribution in [0.25, 0.3) is 11.1 Å². The predicted molar refractivity (Wildman–Crippen MR) is 106 cm³/mol. The molecular weight excluding hydrogens is 374 g/mol. The van der Waals surface area contributed by atoms with Crippen molar-refractivity contribution >= 4 is 23.6 Å². The number of hydrogen-bond donors (Lipinski definition) is 2. The summed E-state index contributed by atoms with van der Waals surface area (Å²) >= 11 is 0. The second-order valence-corrected chi connectivity index (χ2v) is 6.88. The Kier molecular flexibility index (Phi) is 4.63. The Bertz CT molecular complexity index is 1070. The van der Waals surface area contributed by atoms with Gasteiger partial charge in [-0.3, -0.25) is 19.5 Å². The van der Waals surface area contributed by atoms with Crippen LogP contribution in [-0.4, -0.2) is 49.8 Å². The highest BCUT2D eigenvalue weighted by Gasteiger charge is 2.35. The monoisotopic (exact) mass is 393 g/mol. The normalized spacial score (nSPS) is 15.8. The van der Waals surface area contributed by atoms with E-state index in [4.69, 9.17) is 0 Å². The zero-order valence-corrected chi connectivity index (χ0v) is 15.6. The molecule has 1 atom stereocenters. The molecule has 29 heavy (non-hydrogen) atoms. The molecular formula is C20H19N5O4. The maximum Gasteiger partial charge on any atom is 0.412 e. The lowest BCUT2D eigenvalue weighted by molar-refractivity contribution is 0.194. The first-order valence-electron chi connectivity index (χ1n) is 9.02. The molecule has 1 aromatic carbocycles. The first-order chi connectivity index (χ1) is 13.9. The molecule has 0 saturated heterocycles. The van der Waals surface area contributed by atoms with Crippen LogP contribution in [0.2, 0.25) is 0 Å². The van der Waals surface area contributed by atoms with Gasteiger partial charge in [-0.25, -0.2) is 9.59 Å². The van der Waals surface area contributed by atoms with Crippen molar-refractivity contribution in [2.75, 3.05) is 16.3 Å². The van der Waals surface area contributed by atoms with Crippen LogP contribution < -0.4 is 9.80 Å². The van der Waals surface area contributed by atoms with E-state index in [1.807, 2.05) is 18.3 Å². The Labute approximate surface area is 166 Å². The van der Waals surface area contributed by atoms with Crippen molar-refractivity contribution in [2.24, 2.45) is 0 Å². The number of aromatic nitrogens is 3. The Hall–Kier alpha value is -3.88. The molecule has 9 heteroatoms. The van der Waals surface area contributed by atoms with E-state index < -0.39 is 18.2 Å². The first-order valence-corrected chi connectivity index (χ1v) is 9.02. The standard InChI is InChI=1S/C20H19N5O4/c1-13-10-24(19(26)27)18-8-15(2-3-17(18)25(13)20(28)29)16-9-22-23(12-16)11-14-4-6-21-7-5-14/h2-9,12-13H,10-11H2,1H3,(H,26,27)(H,28,29)/t13-/m0/s1. The van der Waals surface area contributed by atoms with Crippen LogP contribution in [0.4, 0.5) is 21.0 Å². The van der Waals surface area contributed by atoms with Crippen molar-refractivity contribution in [3.8, 4) is 11.1 Å². The van der Waals surface area contributed by atoms with Gasteiger partial charge in [-0.05, 0) is 42.3 Å². The lowest BCUT2D eigenvalue weighted by Gasteiger charge is -2.38. The van der Waals surface area contributed by atoms with E-state index in [2.05, 4.69) is 10.1 Å². The molecule has 3 aromatic rings. The fraction of sp³-hybridized carbons (Fsp3) is 0.200. The lowest BCUT2D eigenvalue weighted by atomic mass is 10.0. The van der Waals surface area contributed by atoms with Gasteiger partial charge in [0.1, 0.15) is 0 Å². The third kappa shape index (κ3) is 3.49. The summed E-state index contributed by atoms with van der Waals surface area (Å²) in [5.41, 5.74) is 3.33. The van der Waals surface area contributed by atoms with Crippen LogP contribution in [0.3, 0.4) is 0 Å². The zero-order valence-electron chi connectivity index (χ0n) is 15.6. The summed E-state index contributed by atoms with van der Waals surface area (Å²) in [6.45, 7) is 2.34. The van der Waals surface area contributed by atoms with Gasteiger partial charge in [0.25, 0.3) is 0 Å². The molecule has 0 saturated carbocycles. The summed E-state index contributed by atoms with van der Waals surface area (Å²) in [5.74, 6) is 0. The minimum Gasteiger partial charge on any atom is -0.465 e. The van der Waals surface area contributed by atoms with E-state index in [9.17, 15) is 19.8 Å². The summed E-state index contributed by atoms with van der Waals surface area (Å²) in [6, 6.07) is 8.45. The molecule has 9 nitrogen and oxygen atoms in total. The number of amides is 2. The van der Waals surface area contributed by atoms with Gasteiger partial charge < -0.3 is 10.2 Å². The van der Waals surface area contributed by atoms with E-state index >= 15 is 0 Å². The van der Waals surface area contributed by atoms with Gasteiger partial charge in [-0.2, -0.15) is 5.10 Å². The SMILES string of the molecule is C[C@H]1CN(C(=O)O)c2cc(-c3cnn(Cc4ccncc4)c3)ccc2N1C(=O)O. The van der Waals surface area contributed by atoms with Gasteiger partial charge in [0.15, 0.2) is 0 Å². The van der Waals surface area contributed by atoms with Gasteiger partial charge in [0.05, 0.1) is 36.7 Å². The van der Waals surface area contributed by atoms with Gasteiger partial charge in [-0.15, -0.1) is 0 Å². The quantitative estimate of drug-likeness (QED) is 0.706. The summed E-state index contributed by atoms with van der Waals surface area (Å²) in [4.78, 5) is 29.8. The number of rotatable bonds is 3. The van der Waals surface area contributed by atoms with Crippen molar-refractivity contribution in [3.05, 3.63) is 60.7 Å². The largest absolute Gasteiger partial charge is 0.465 e. The van der Waals surface area contributed by atoms with Crippen LogP contribution in [0.15, 0.2) is 55.1 Å². The molecule has 148 valence electrons. The summed E-state index contributed by atoms with van der Waals surface area (Å²) < 4.78 is 1.78. The molecule has 2 N–H and O–H groups in total. The van der Waals surface area contributed by atoms with E-state index in [-0.39, 0.29) is 6.54 Å². The molecule has 4 rings (SSSR count). The maximum atomic E-state index is 11.7. The molecule has 0 radical (unpaired) electrons. The topological polar surface area (TPSA) is 112 Å². The highest BCUT2D eigenvalue weighted by atomic mass is 16.4. The van der Waals surface area contributed by atoms with Crippen molar-refractivity contribution in [1.29, 1.82) is 0 Å². The Morgan fingerprint density at radius 3 is 2.52 bits per heavy atom. The predicted octanol–water partition coefficient (Wildman–Crippen LogP) is 3.36. The highest BCUT2D eigenvalue weighted by molar-refractivity contribution is 6.00. The number of carbonyl (C=O) groups is 2. The number of nitrogens with zero attached hydrogens (tertiary/aromatic N) is 5. The first kappa shape index (κ1) is 18.5. The maximum absolute atomic E-state index is 11.7. The highest BCUT2D eigenvalue weighted by Crippen LogP contribution is 2.38. The van der Waals surface area contributed by atoms with Crippen molar-refractivity contribution in [3.63, 3.8) is 0 Å². The molecule has 0 spiro atoms. The lowest BCUT2D eigenvalue weighted by Crippen LogP contribution is -2.51. The van der Waals surface area contributed by atoms with Crippen LogP contribution in [0.1, 0.15) is 12.5 Å². The van der Waals surface area contributed by atoms with E-state index in [0.29, 0.717) is 17.9 Å². The molecule has 1 aliphatic heterocycles. The number of anilines is 2. The Balaban J connectivity index is 1.69. The van der Waals surface area contributed by atoms with E-state index in [1.165, 1.54) is 9.80 Å². The molecule has 1 aliphatic rings. The number of hydrogen-bond acceptors (Lipinski definition) is 4. The summed E-state index contributed by atoms with van der Waals surface area (Å²) in [6.07, 6.45) is 4.79. The fourth-order valence-electron chi connectivity index (χ4n) is 3.55. The third-order valence-electron chi connectivity index (χ3n) is 4.91. The minimum absolute atomic E-state index is 0.0688. The Morgan fingerprint density at radius 2 is 1.83 bits per heavy atom. The number of pyridine rings is 1. The smallest absolute Gasteiger partial charge is 0.412 e. The van der Waals surface area contributed by atoms with Gasteiger partial charge >= 0.3 is 12.2 Å². The number of carboxylic acid groups (broad SMARTS) is 2. The number of benzene rings is 1. The van der Waals surface area contributed by atoms with Gasteiger partial charge in [0, 0.05) is 24.2 Å². The van der Waals surface area contributed by atoms with Crippen molar-refractivity contribution < 1.29 is 19.8 Å². The molecule has 2 amide bonds. The van der Waals surface area contributed by atoms with Gasteiger partial charge in [-0.1, -0.05) is 6.07 Å².